The van der Waals surface area contributed by atoms with Gasteiger partial charge in [0.2, 0.25) is 0 Å². The lowest BCUT2D eigenvalue weighted by Gasteiger charge is -2.31. The van der Waals surface area contributed by atoms with Gasteiger partial charge in [0.1, 0.15) is 0 Å². The van der Waals surface area contributed by atoms with Crippen molar-refractivity contribution in [1.82, 2.24) is 10.2 Å². The van der Waals surface area contributed by atoms with E-state index in [4.69, 9.17) is 4.74 Å². The van der Waals surface area contributed by atoms with Crippen LogP contribution in [-0.2, 0) is 15.5 Å². The van der Waals surface area contributed by atoms with Crippen LogP contribution in [0.4, 0.5) is 0 Å². The first kappa shape index (κ1) is 14.1. The molecule has 0 aromatic carbocycles. The molecule has 0 amide bonds. The second-order valence-corrected chi connectivity index (χ2v) is 6.18. The average molecular weight is 248 g/mol. The minimum atomic E-state index is -0.680. The lowest BCUT2D eigenvalue weighted by atomic mass is 10.2. The predicted molar refractivity (Wildman–Crippen MR) is 68.3 cm³/mol. The molecule has 1 aliphatic rings. The van der Waals surface area contributed by atoms with Crippen LogP contribution in [0.3, 0.4) is 0 Å². The van der Waals surface area contributed by atoms with Gasteiger partial charge < -0.3 is 15.0 Å². The topological polar surface area (TPSA) is 41.6 Å². The van der Waals surface area contributed by atoms with Crippen LogP contribution < -0.4 is 5.32 Å². The third kappa shape index (κ3) is 5.94. The van der Waals surface area contributed by atoms with Gasteiger partial charge in [-0.05, 0) is 20.4 Å². The summed E-state index contributed by atoms with van der Waals surface area (Å²) in [5, 5.41) is 3.44. The van der Waals surface area contributed by atoms with E-state index >= 15 is 0 Å². The minimum absolute atomic E-state index is 0.299. The fourth-order valence-corrected chi connectivity index (χ4v) is 2.45. The van der Waals surface area contributed by atoms with Gasteiger partial charge in [-0.3, -0.25) is 4.21 Å². The Hall–Kier alpha value is 0.0300. The molecule has 96 valence electrons. The van der Waals surface area contributed by atoms with Crippen LogP contribution in [0.2, 0.25) is 0 Å². The molecule has 1 fully saturated rings. The first-order chi connectivity index (χ1) is 7.58. The summed E-state index contributed by atoms with van der Waals surface area (Å²) in [5.74, 6) is 0.777. The molecule has 0 aromatic heterocycles. The van der Waals surface area contributed by atoms with Gasteiger partial charge in [-0.1, -0.05) is 0 Å². The smallest absolute Gasteiger partial charge is 0.0826 e. The molecule has 0 spiro atoms. The Morgan fingerprint density at radius 1 is 1.62 bits per heavy atom. The highest BCUT2D eigenvalue weighted by Crippen LogP contribution is 2.02. The van der Waals surface area contributed by atoms with E-state index in [-0.39, 0.29) is 0 Å². The van der Waals surface area contributed by atoms with Gasteiger partial charge in [-0.15, -0.1) is 0 Å². The summed E-state index contributed by atoms with van der Waals surface area (Å²) < 4.78 is 16.6. The third-order valence-electron chi connectivity index (χ3n) is 2.87. The van der Waals surface area contributed by atoms with Gasteiger partial charge in [0.15, 0.2) is 0 Å². The summed E-state index contributed by atoms with van der Waals surface area (Å²) >= 11 is 0. The van der Waals surface area contributed by atoms with Crippen molar-refractivity contribution >= 4 is 10.8 Å². The Labute approximate surface area is 101 Å². The first-order valence-electron chi connectivity index (χ1n) is 5.91. The van der Waals surface area contributed by atoms with E-state index in [1.165, 1.54) is 0 Å². The second kappa shape index (κ2) is 7.37. The molecule has 1 saturated heterocycles. The lowest BCUT2D eigenvalue weighted by Crippen LogP contribution is -2.46. The fraction of sp³-hybridized carbons (Fsp3) is 1.00. The van der Waals surface area contributed by atoms with E-state index in [9.17, 15) is 4.21 Å². The molecule has 0 aliphatic carbocycles. The minimum Gasteiger partial charge on any atom is -0.374 e. The van der Waals surface area contributed by atoms with Crippen LogP contribution in [0.5, 0.6) is 0 Å². The number of rotatable bonds is 6. The number of ether oxygens (including phenoxy) is 1. The number of morpholine rings is 1. The largest absolute Gasteiger partial charge is 0.374 e. The summed E-state index contributed by atoms with van der Waals surface area (Å²) in [6.07, 6.45) is 3.02. The number of hydrogen-bond donors (Lipinski definition) is 1. The third-order valence-corrected chi connectivity index (χ3v) is 3.68. The van der Waals surface area contributed by atoms with Crippen LogP contribution in [-0.4, -0.2) is 66.6 Å². The number of likely N-dealkylation sites (N-methyl/N-ethyl adjacent to an activating group) is 1. The highest BCUT2D eigenvalue weighted by atomic mass is 32.2. The summed E-state index contributed by atoms with van der Waals surface area (Å²) in [6, 6.07) is 0.416. The Morgan fingerprint density at radius 2 is 2.38 bits per heavy atom. The SMILES string of the molecule is CC(CCS(C)=O)NCC1CN(C)CCO1. The molecule has 3 unspecified atom stereocenters. The average Bonchev–Trinajstić information content (AvgIpc) is 2.23. The van der Waals surface area contributed by atoms with Crippen molar-refractivity contribution in [3.05, 3.63) is 0 Å². The second-order valence-electron chi connectivity index (χ2n) is 4.63. The molecule has 0 bridgehead atoms. The zero-order valence-electron chi connectivity index (χ0n) is 10.6. The van der Waals surface area contributed by atoms with E-state index in [2.05, 4.69) is 24.2 Å². The maximum atomic E-state index is 10.9. The van der Waals surface area contributed by atoms with Crippen LogP contribution in [0, 0.1) is 0 Å². The van der Waals surface area contributed by atoms with Crippen molar-refractivity contribution < 1.29 is 8.95 Å². The molecule has 0 saturated carbocycles. The maximum Gasteiger partial charge on any atom is 0.0826 e. The Balaban J connectivity index is 2.10. The maximum absolute atomic E-state index is 10.9. The highest BCUT2D eigenvalue weighted by molar-refractivity contribution is 7.84. The molecule has 1 rings (SSSR count). The Bertz CT molecular complexity index is 226. The molecular weight excluding hydrogens is 224 g/mol. The standard InChI is InChI=1S/C11H24N2O2S/c1-10(4-7-16(3)14)12-8-11-9-13(2)5-6-15-11/h10-12H,4-9H2,1-3H3. The zero-order valence-corrected chi connectivity index (χ0v) is 11.4. The summed E-state index contributed by atoms with van der Waals surface area (Å²) in [4.78, 5) is 2.29. The first-order valence-corrected chi connectivity index (χ1v) is 7.64. The molecule has 1 aliphatic heterocycles. The molecule has 16 heavy (non-hydrogen) atoms. The summed E-state index contributed by atoms with van der Waals surface area (Å²) in [7, 11) is 1.44. The van der Waals surface area contributed by atoms with Crippen LogP contribution in [0.1, 0.15) is 13.3 Å². The molecule has 1 N–H and O–H groups in total. The number of hydrogen-bond acceptors (Lipinski definition) is 4. The molecule has 3 atom stereocenters. The van der Waals surface area contributed by atoms with Gasteiger partial charge in [0, 0.05) is 48.5 Å². The summed E-state index contributed by atoms with van der Waals surface area (Å²) in [5.41, 5.74) is 0. The predicted octanol–water partition coefficient (Wildman–Crippen LogP) is 0.0637. The molecule has 1 heterocycles. The monoisotopic (exact) mass is 248 g/mol. The van der Waals surface area contributed by atoms with Crippen molar-refractivity contribution in [3.63, 3.8) is 0 Å². The summed E-state index contributed by atoms with van der Waals surface area (Å²) in [6.45, 7) is 5.89. The van der Waals surface area contributed by atoms with Gasteiger partial charge in [-0.25, -0.2) is 0 Å². The fourth-order valence-electron chi connectivity index (χ4n) is 1.77. The van der Waals surface area contributed by atoms with Gasteiger partial charge in [-0.2, -0.15) is 0 Å². The van der Waals surface area contributed by atoms with E-state index in [1.54, 1.807) is 6.26 Å². The number of nitrogens with one attached hydrogen (secondary N) is 1. The Morgan fingerprint density at radius 3 is 3.00 bits per heavy atom. The molecular formula is C11H24N2O2S. The Kier molecular flexibility index (Phi) is 6.49. The normalized spacial score (nSPS) is 26.6. The van der Waals surface area contributed by atoms with Gasteiger partial charge >= 0.3 is 0 Å². The zero-order chi connectivity index (χ0) is 12.0. The number of nitrogens with zero attached hydrogens (tertiary/aromatic N) is 1. The van der Waals surface area contributed by atoms with E-state index in [0.29, 0.717) is 12.1 Å². The van der Waals surface area contributed by atoms with E-state index in [1.807, 2.05) is 0 Å². The highest BCUT2D eigenvalue weighted by Gasteiger charge is 2.17. The molecule has 0 aromatic rings. The van der Waals surface area contributed by atoms with Gasteiger partial charge in [0.05, 0.1) is 12.7 Å². The molecule has 5 heteroatoms. The lowest BCUT2D eigenvalue weighted by molar-refractivity contribution is -0.0190. The quantitative estimate of drug-likeness (QED) is 0.722. The van der Waals surface area contributed by atoms with Gasteiger partial charge in [0.25, 0.3) is 0 Å². The van der Waals surface area contributed by atoms with Crippen molar-refractivity contribution in [3.8, 4) is 0 Å². The van der Waals surface area contributed by atoms with Crippen LogP contribution in [0.25, 0.3) is 0 Å². The van der Waals surface area contributed by atoms with Crippen molar-refractivity contribution in [2.75, 3.05) is 45.3 Å². The van der Waals surface area contributed by atoms with Crippen molar-refractivity contribution in [1.29, 1.82) is 0 Å². The van der Waals surface area contributed by atoms with E-state index in [0.717, 1.165) is 38.4 Å². The van der Waals surface area contributed by atoms with Crippen molar-refractivity contribution in [2.24, 2.45) is 0 Å². The van der Waals surface area contributed by atoms with Crippen molar-refractivity contribution in [2.45, 2.75) is 25.5 Å². The molecule has 0 radical (unpaired) electrons. The van der Waals surface area contributed by atoms with E-state index < -0.39 is 10.8 Å². The molecule has 4 nitrogen and oxygen atoms in total. The van der Waals surface area contributed by atoms with Crippen LogP contribution >= 0.6 is 0 Å². The van der Waals surface area contributed by atoms with Crippen LogP contribution in [0.15, 0.2) is 0 Å².